The number of methoxy groups -OCH3 is 2. The number of nitrogens with zero attached hydrogens (tertiary/aromatic N) is 1. The lowest BCUT2D eigenvalue weighted by Gasteiger charge is -2.25. The van der Waals surface area contributed by atoms with Crippen molar-refractivity contribution in [3.05, 3.63) is 53.9 Å². The lowest BCUT2D eigenvalue weighted by atomic mass is 9.94. The minimum Gasteiger partial charge on any atom is -0.493 e. The number of pyridine rings is 1. The maximum absolute atomic E-state index is 13.2. The normalized spacial score (nSPS) is 15.3. The van der Waals surface area contributed by atoms with Gasteiger partial charge >= 0.3 is 0 Å². The zero-order valence-corrected chi connectivity index (χ0v) is 18.5. The van der Waals surface area contributed by atoms with Gasteiger partial charge in [0, 0.05) is 24.5 Å². The van der Waals surface area contributed by atoms with Crippen LogP contribution in [-0.2, 0) is 11.2 Å². The standard InChI is InChI=1S/C24H34N4O3/c1-30-21-5-3-4-20(23(21)31-2)22(27-16-10-18-6-12-25-13-7-18)24(29)28-17-11-19-8-14-26-15-9-19/h3-5,8-9,14-15,18,22,25,27H,6-7,10-13,16-17H2,1-2H3,(H,28,29). The molecular formula is C24H34N4O3. The monoisotopic (exact) mass is 426 g/mol. The van der Waals surface area contributed by atoms with Gasteiger partial charge in [-0.2, -0.15) is 0 Å². The third-order valence-corrected chi connectivity index (χ3v) is 5.83. The smallest absolute Gasteiger partial charge is 0.241 e. The van der Waals surface area contributed by atoms with Gasteiger partial charge in [0.2, 0.25) is 5.91 Å². The van der Waals surface area contributed by atoms with Gasteiger partial charge in [0.15, 0.2) is 11.5 Å². The highest BCUT2D eigenvalue weighted by Crippen LogP contribution is 2.34. The number of hydrogen-bond acceptors (Lipinski definition) is 6. The summed E-state index contributed by atoms with van der Waals surface area (Å²) in [5.74, 6) is 1.84. The lowest BCUT2D eigenvalue weighted by Crippen LogP contribution is -2.39. The second-order valence-corrected chi connectivity index (χ2v) is 7.85. The summed E-state index contributed by atoms with van der Waals surface area (Å²) in [4.78, 5) is 17.2. The number of rotatable bonds is 11. The van der Waals surface area contributed by atoms with Crippen LogP contribution in [0.25, 0.3) is 0 Å². The highest BCUT2D eigenvalue weighted by atomic mass is 16.5. The SMILES string of the molecule is COc1cccc(C(NCCC2CCNCC2)C(=O)NCCc2ccncc2)c1OC. The first kappa shape index (κ1) is 23.0. The van der Waals surface area contributed by atoms with Crippen molar-refractivity contribution >= 4 is 5.91 Å². The van der Waals surface area contributed by atoms with Crippen molar-refractivity contribution in [3.8, 4) is 11.5 Å². The van der Waals surface area contributed by atoms with Gasteiger partial charge in [-0.15, -0.1) is 0 Å². The second kappa shape index (κ2) is 12.3. The van der Waals surface area contributed by atoms with Crippen LogP contribution in [0.5, 0.6) is 11.5 Å². The largest absolute Gasteiger partial charge is 0.493 e. The summed E-state index contributed by atoms with van der Waals surface area (Å²) >= 11 is 0. The molecule has 3 rings (SSSR count). The molecule has 1 fully saturated rings. The van der Waals surface area contributed by atoms with Crippen LogP contribution in [0.3, 0.4) is 0 Å². The van der Waals surface area contributed by atoms with Crippen molar-refractivity contribution < 1.29 is 14.3 Å². The fourth-order valence-electron chi connectivity index (χ4n) is 4.07. The summed E-state index contributed by atoms with van der Waals surface area (Å²) in [6.07, 6.45) is 7.72. The summed E-state index contributed by atoms with van der Waals surface area (Å²) in [6, 6.07) is 9.08. The minimum atomic E-state index is -0.510. The maximum Gasteiger partial charge on any atom is 0.241 e. The van der Waals surface area contributed by atoms with E-state index in [1.807, 2.05) is 30.3 Å². The van der Waals surface area contributed by atoms with Crippen LogP contribution < -0.4 is 25.4 Å². The second-order valence-electron chi connectivity index (χ2n) is 7.85. The summed E-state index contributed by atoms with van der Waals surface area (Å²) in [7, 11) is 3.21. The molecule has 0 radical (unpaired) electrons. The first-order valence-electron chi connectivity index (χ1n) is 11.0. The number of para-hydroxylation sites is 1. The van der Waals surface area contributed by atoms with Crippen LogP contribution >= 0.6 is 0 Å². The van der Waals surface area contributed by atoms with E-state index in [9.17, 15) is 4.79 Å². The molecule has 3 N–H and O–H groups in total. The molecule has 31 heavy (non-hydrogen) atoms. The summed E-state index contributed by atoms with van der Waals surface area (Å²) in [6.45, 7) is 3.48. The Labute approximate surface area is 184 Å². The van der Waals surface area contributed by atoms with E-state index in [1.54, 1.807) is 26.6 Å². The number of piperidine rings is 1. The van der Waals surface area contributed by atoms with Gasteiger partial charge in [-0.3, -0.25) is 9.78 Å². The average molecular weight is 427 g/mol. The van der Waals surface area contributed by atoms with Gasteiger partial charge in [-0.25, -0.2) is 0 Å². The highest BCUT2D eigenvalue weighted by Gasteiger charge is 2.25. The zero-order chi connectivity index (χ0) is 21.9. The molecule has 1 amide bonds. The maximum atomic E-state index is 13.2. The Balaban J connectivity index is 1.68. The third kappa shape index (κ3) is 6.67. The van der Waals surface area contributed by atoms with Crippen molar-refractivity contribution in [1.29, 1.82) is 0 Å². The van der Waals surface area contributed by atoms with Crippen molar-refractivity contribution in [3.63, 3.8) is 0 Å². The van der Waals surface area contributed by atoms with Gasteiger partial charge in [-0.05, 0) is 75.0 Å². The van der Waals surface area contributed by atoms with E-state index in [0.29, 0.717) is 24.0 Å². The Hall–Kier alpha value is -2.64. The Kier molecular flexibility index (Phi) is 9.12. The molecule has 7 heteroatoms. The molecule has 1 aromatic heterocycles. The first-order valence-corrected chi connectivity index (χ1v) is 11.0. The molecule has 1 atom stereocenters. The first-order chi connectivity index (χ1) is 15.2. The molecule has 0 aliphatic carbocycles. The number of nitrogens with one attached hydrogen (secondary N) is 3. The summed E-state index contributed by atoms with van der Waals surface area (Å²) < 4.78 is 11.1. The number of hydrogen-bond donors (Lipinski definition) is 3. The van der Waals surface area contributed by atoms with E-state index >= 15 is 0 Å². The Bertz CT molecular complexity index is 810. The fourth-order valence-corrected chi connectivity index (χ4v) is 4.07. The van der Waals surface area contributed by atoms with Gasteiger partial charge in [-0.1, -0.05) is 12.1 Å². The quantitative estimate of drug-likeness (QED) is 0.512. The molecule has 0 saturated carbocycles. The minimum absolute atomic E-state index is 0.0640. The predicted octanol–water partition coefficient (Wildman–Crippen LogP) is 2.48. The van der Waals surface area contributed by atoms with E-state index in [2.05, 4.69) is 20.9 Å². The fraction of sp³-hybridized carbons (Fsp3) is 0.500. The third-order valence-electron chi connectivity index (χ3n) is 5.83. The van der Waals surface area contributed by atoms with E-state index in [4.69, 9.17) is 9.47 Å². The molecule has 2 aromatic rings. The number of carbonyl (C=O) groups excluding carboxylic acids is 1. The molecule has 2 heterocycles. The Morgan fingerprint density at radius 3 is 2.61 bits per heavy atom. The average Bonchev–Trinajstić information content (AvgIpc) is 2.82. The molecule has 0 spiro atoms. The topological polar surface area (TPSA) is 84.5 Å². The molecule has 7 nitrogen and oxygen atoms in total. The molecular weight excluding hydrogens is 392 g/mol. The summed E-state index contributed by atoms with van der Waals surface area (Å²) in [5, 5.41) is 9.96. The Morgan fingerprint density at radius 2 is 1.90 bits per heavy atom. The van der Waals surface area contributed by atoms with Crippen LogP contribution in [0.15, 0.2) is 42.7 Å². The van der Waals surface area contributed by atoms with Gasteiger partial charge in [0.25, 0.3) is 0 Å². The van der Waals surface area contributed by atoms with Crippen LogP contribution in [0.4, 0.5) is 0 Å². The van der Waals surface area contributed by atoms with Crippen LogP contribution in [0.2, 0.25) is 0 Å². The molecule has 1 saturated heterocycles. The molecule has 168 valence electrons. The van der Waals surface area contributed by atoms with Crippen LogP contribution in [-0.4, -0.2) is 51.3 Å². The van der Waals surface area contributed by atoms with E-state index in [1.165, 1.54) is 12.8 Å². The predicted molar refractivity (Wildman–Crippen MR) is 121 cm³/mol. The number of aromatic nitrogens is 1. The lowest BCUT2D eigenvalue weighted by molar-refractivity contribution is -0.123. The van der Waals surface area contributed by atoms with Gasteiger partial charge < -0.3 is 25.4 Å². The van der Waals surface area contributed by atoms with Crippen molar-refractivity contribution in [2.45, 2.75) is 31.7 Å². The van der Waals surface area contributed by atoms with Crippen molar-refractivity contribution in [2.75, 3.05) is 40.4 Å². The molecule has 1 aliphatic heterocycles. The van der Waals surface area contributed by atoms with Crippen molar-refractivity contribution in [1.82, 2.24) is 20.9 Å². The zero-order valence-electron chi connectivity index (χ0n) is 18.5. The van der Waals surface area contributed by atoms with E-state index < -0.39 is 6.04 Å². The van der Waals surface area contributed by atoms with Gasteiger partial charge in [0.05, 0.1) is 14.2 Å². The van der Waals surface area contributed by atoms with Crippen molar-refractivity contribution in [2.24, 2.45) is 5.92 Å². The van der Waals surface area contributed by atoms with E-state index in [0.717, 1.165) is 43.6 Å². The molecule has 1 unspecified atom stereocenters. The number of carbonyl (C=O) groups is 1. The molecule has 0 bridgehead atoms. The number of benzene rings is 1. The summed E-state index contributed by atoms with van der Waals surface area (Å²) in [5.41, 5.74) is 1.93. The van der Waals surface area contributed by atoms with E-state index in [-0.39, 0.29) is 5.91 Å². The van der Waals surface area contributed by atoms with Gasteiger partial charge in [0.1, 0.15) is 6.04 Å². The van der Waals surface area contributed by atoms with Crippen LogP contribution in [0, 0.1) is 5.92 Å². The van der Waals surface area contributed by atoms with Crippen LogP contribution in [0.1, 0.15) is 36.4 Å². The Morgan fingerprint density at radius 1 is 1.13 bits per heavy atom. The number of amides is 1. The highest BCUT2D eigenvalue weighted by molar-refractivity contribution is 5.84. The molecule has 1 aromatic carbocycles. The molecule has 1 aliphatic rings. The number of ether oxygens (including phenoxy) is 2.